The highest BCUT2D eigenvalue weighted by atomic mass is 32.2. The Balaban J connectivity index is 2.86. The first kappa shape index (κ1) is 11.9. The molecule has 1 rings (SSSR count). The summed E-state index contributed by atoms with van der Waals surface area (Å²) < 4.78 is 23.8. The Morgan fingerprint density at radius 3 is 2.73 bits per heavy atom. The highest BCUT2D eigenvalue weighted by Gasteiger charge is 2.10. The molecular weight excluding hydrogens is 216 g/mol. The molecule has 1 aromatic carbocycles. The maximum Gasteiger partial charge on any atom is 0.338 e. The van der Waals surface area contributed by atoms with E-state index in [0.29, 0.717) is 12.0 Å². The zero-order valence-electron chi connectivity index (χ0n) is 8.30. The van der Waals surface area contributed by atoms with Crippen LogP contribution in [0.2, 0.25) is 0 Å². The Hall–Kier alpha value is -1.20. The predicted octanol–water partition coefficient (Wildman–Crippen LogP) is 1.24. The summed E-state index contributed by atoms with van der Waals surface area (Å²) in [7, 11) is 1.31. The zero-order valence-corrected chi connectivity index (χ0v) is 9.12. The average molecular weight is 228 g/mol. The molecule has 1 atom stereocenters. The third-order valence-corrected chi connectivity index (χ3v) is 2.52. The minimum Gasteiger partial charge on any atom is -0.465 e. The molecule has 0 saturated heterocycles. The molecule has 0 heterocycles. The van der Waals surface area contributed by atoms with Gasteiger partial charge in [-0.05, 0) is 18.1 Å². The topological polar surface area (TPSA) is 63.6 Å². The van der Waals surface area contributed by atoms with Crippen LogP contribution in [-0.2, 0) is 22.2 Å². The van der Waals surface area contributed by atoms with Crippen molar-refractivity contribution in [1.82, 2.24) is 0 Å². The van der Waals surface area contributed by atoms with E-state index in [1.807, 2.05) is 0 Å². The van der Waals surface area contributed by atoms with Crippen molar-refractivity contribution in [3.63, 3.8) is 0 Å². The van der Waals surface area contributed by atoms with Gasteiger partial charge in [-0.3, -0.25) is 0 Å². The van der Waals surface area contributed by atoms with Gasteiger partial charge in [0.05, 0.1) is 18.4 Å². The Morgan fingerprint density at radius 1 is 1.47 bits per heavy atom. The van der Waals surface area contributed by atoms with Gasteiger partial charge in [0.25, 0.3) is 0 Å². The SMILES string of the molecule is COC(=O)c1ccccc1CCS(=O)O. The first-order valence-corrected chi connectivity index (χ1v) is 5.66. The summed E-state index contributed by atoms with van der Waals surface area (Å²) in [6.07, 6.45) is 0.383. The number of benzene rings is 1. The molecule has 0 aliphatic heterocycles. The van der Waals surface area contributed by atoms with Crippen LogP contribution < -0.4 is 0 Å². The van der Waals surface area contributed by atoms with E-state index in [9.17, 15) is 9.00 Å². The van der Waals surface area contributed by atoms with Crippen LogP contribution in [0.5, 0.6) is 0 Å². The van der Waals surface area contributed by atoms with Crippen LogP contribution in [0.25, 0.3) is 0 Å². The highest BCUT2D eigenvalue weighted by Crippen LogP contribution is 2.11. The molecule has 0 spiro atoms. The van der Waals surface area contributed by atoms with Crippen LogP contribution in [-0.4, -0.2) is 27.6 Å². The number of hydrogen-bond acceptors (Lipinski definition) is 3. The lowest BCUT2D eigenvalue weighted by Crippen LogP contribution is -2.08. The third-order valence-electron chi connectivity index (χ3n) is 1.97. The number of methoxy groups -OCH3 is 1. The minimum absolute atomic E-state index is 0.119. The molecule has 0 fully saturated rings. The van der Waals surface area contributed by atoms with E-state index in [-0.39, 0.29) is 5.75 Å². The van der Waals surface area contributed by atoms with E-state index in [2.05, 4.69) is 4.74 Å². The fraction of sp³-hybridized carbons (Fsp3) is 0.300. The van der Waals surface area contributed by atoms with Gasteiger partial charge in [0, 0.05) is 0 Å². The van der Waals surface area contributed by atoms with E-state index in [0.717, 1.165) is 5.56 Å². The summed E-state index contributed by atoms with van der Waals surface area (Å²) in [6, 6.07) is 6.90. The molecule has 82 valence electrons. The van der Waals surface area contributed by atoms with Gasteiger partial charge in [-0.2, -0.15) is 0 Å². The summed E-state index contributed by atoms with van der Waals surface area (Å²) in [4.78, 5) is 11.3. The van der Waals surface area contributed by atoms with Crippen molar-refractivity contribution >= 4 is 17.0 Å². The van der Waals surface area contributed by atoms with E-state index < -0.39 is 17.0 Å². The quantitative estimate of drug-likeness (QED) is 0.622. The number of carbonyl (C=O) groups excluding carboxylic acids is 1. The molecule has 0 amide bonds. The molecule has 0 aliphatic rings. The minimum atomic E-state index is -1.84. The fourth-order valence-corrected chi connectivity index (χ4v) is 1.64. The highest BCUT2D eigenvalue weighted by molar-refractivity contribution is 7.79. The molecule has 0 saturated carbocycles. The monoisotopic (exact) mass is 228 g/mol. The van der Waals surface area contributed by atoms with Crippen LogP contribution >= 0.6 is 0 Å². The van der Waals surface area contributed by atoms with Crippen molar-refractivity contribution in [1.29, 1.82) is 0 Å². The molecule has 15 heavy (non-hydrogen) atoms. The lowest BCUT2D eigenvalue weighted by Gasteiger charge is -2.05. The lowest BCUT2D eigenvalue weighted by molar-refractivity contribution is 0.0599. The van der Waals surface area contributed by atoms with Gasteiger partial charge in [0.15, 0.2) is 11.1 Å². The van der Waals surface area contributed by atoms with Gasteiger partial charge in [0.1, 0.15) is 0 Å². The molecule has 0 bridgehead atoms. The van der Waals surface area contributed by atoms with Crippen molar-refractivity contribution in [2.75, 3.05) is 12.9 Å². The van der Waals surface area contributed by atoms with Crippen molar-refractivity contribution in [3.8, 4) is 0 Å². The van der Waals surface area contributed by atoms with Gasteiger partial charge in [-0.1, -0.05) is 18.2 Å². The van der Waals surface area contributed by atoms with Gasteiger partial charge < -0.3 is 9.29 Å². The maximum absolute atomic E-state index is 11.3. The van der Waals surface area contributed by atoms with Crippen LogP contribution in [0.3, 0.4) is 0 Å². The molecule has 0 aromatic heterocycles. The van der Waals surface area contributed by atoms with E-state index in [1.165, 1.54) is 7.11 Å². The zero-order chi connectivity index (χ0) is 11.3. The second-order valence-electron chi connectivity index (χ2n) is 2.92. The van der Waals surface area contributed by atoms with E-state index in [1.54, 1.807) is 24.3 Å². The number of rotatable bonds is 4. The predicted molar refractivity (Wildman–Crippen MR) is 57.1 cm³/mol. The van der Waals surface area contributed by atoms with Crippen molar-refractivity contribution in [2.24, 2.45) is 0 Å². The summed E-state index contributed by atoms with van der Waals surface area (Å²) in [5.74, 6) is -0.303. The fourth-order valence-electron chi connectivity index (χ4n) is 1.24. The second kappa shape index (κ2) is 5.63. The number of esters is 1. The smallest absolute Gasteiger partial charge is 0.338 e. The third kappa shape index (κ3) is 3.45. The van der Waals surface area contributed by atoms with Gasteiger partial charge in [-0.25, -0.2) is 9.00 Å². The standard InChI is InChI=1S/C10H12O4S/c1-14-10(11)9-5-3-2-4-8(9)6-7-15(12)13/h2-5H,6-7H2,1H3,(H,12,13). The van der Waals surface area contributed by atoms with Gasteiger partial charge >= 0.3 is 5.97 Å². The average Bonchev–Trinajstić information content (AvgIpc) is 2.25. The van der Waals surface area contributed by atoms with Crippen LogP contribution in [0.4, 0.5) is 0 Å². The first-order valence-electron chi connectivity index (χ1n) is 4.39. The molecule has 0 aliphatic carbocycles. The van der Waals surface area contributed by atoms with Crippen molar-refractivity contribution < 1.29 is 18.3 Å². The Morgan fingerprint density at radius 2 is 2.13 bits per heavy atom. The molecule has 4 nitrogen and oxygen atoms in total. The summed E-state index contributed by atoms with van der Waals surface area (Å²) in [6.45, 7) is 0. The number of carbonyl (C=O) groups is 1. The van der Waals surface area contributed by atoms with Gasteiger partial charge in [-0.15, -0.1) is 0 Å². The molecular formula is C10H12O4S. The summed E-state index contributed by atoms with van der Waals surface area (Å²) >= 11 is -1.84. The van der Waals surface area contributed by atoms with Crippen LogP contribution in [0, 0.1) is 0 Å². The Labute approximate surface area is 90.5 Å². The lowest BCUT2D eigenvalue weighted by atomic mass is 10.1. The maximum atomic E-state index is 11.3. The molecule has 1 unspecified atom stereocenters. The van der Waals surface area contributed by atoms with Crippen LogP contribution in [0.1, 0.15) is 15.9 Å². The molecule has 1 aromatic rings. The Bertz CT molecular complexity index is 375. The first-order chi connectivity index (χ1) is 7.15. The summed E-state index contributed by atoms with van der Waals surface area (Å²) in [5.41, 5.74) is 1.18. The van der Waals surface area contributed by atoms with Crippen molar-refractivity contribution in [2.45, 2.75) is 6.42 Å². The molecule has 1 N–H and O–H groups in total. The van der Waals surface area contributed by atoms with Crippen molar-refractivity contribution in [3.05, 3.63) is 35.4 Å². The van der Waals surface area contributed by atoms with Gasteiger partial charge in [0.2, 0.25) is 0 Å². The number of hydrogen-bond donors (Lipinski definition) is 1. The van der Waals surface area contributed by atoms with E-state index >= 15 is 0 Å². The normalized spacial score (nSPS) is 12.1. The molecule has 5 heteroatoms. The molecule has 0 radical (unpaired) electrons. The Kier molecular flexibility index (Phi) is 4.45. The van der Waals surface area contributed by atoms with E-state index in [4.69, 9.17) is 4.55 Å². The summed E-state index contributed by atoms with van der Waals surface area (Å²) in [5, 5.41) is 0. The number of aryl methyl sites for hydroxylation is 1. The largest absolute Gasteiger partial charge is 0.465 e. The van der Waals surface area contributed by atoms with Crippen LogP contribution in [0.15, 0.2) is 24.3 Å². The second-order valence-corrected chi connectivity index (χ2v) is 3.98. The number of ether oxygens (including phenoxy) is 1.